The number of sulfonamides is 2. The standard InChI is InChI=1S/2C19H27N3O4S/c2*1-21-13-17(16-5-3-4-6-18(16)21)19(23)26-14-15-7-10-22(11-8-15)12-9-20-27(2,24)25/h2*3-6,13,15,20H,7-12,14H2,1-2H3. The van der Waals surface area contributed by atoms with Crippen LogP contribution < -0.4 is 9.44 Å². The van der Waals surface area contributed by atoms with E-state index in [4.69, 9.17) is 9.47 Å². The number of nitrogens with one attached hydrogen (secondary N) is 2. The van der Waals surface area contributed by atoms with Crippen LogP contribution in [0.4, 0.5) is 0 Å². The Morgan fingerprint density at radius 2 is 0.981 bits per heavy atom. The van der Waals surface area contributed by atoms with Crippen LogP contribution in [0.25, 0.3) is 21.8 Å². The second kappa shape index (κ2) is 18.7. The Hall–Kier alpha value is -3.80. The van der Waals surface area contributed by atoms with Gasteiger partial charge in [0, 0.05) is 74.5 Å². The first-order chi connectivity index (χ1) is 25.7. The van der Waals surface area contributed by atoms with Crippen molar-refractivity contribution in [1.29, 1.82) is 0 Å². The molecule has 0 bridgehead atoms. The molecule has 2 aliphatic heterocycles. The van der Waals surface area contributed by atoms with Crippen LogP contribution in [0.5, 0.6) is 0 Å². The zero-order chi connectivity index (χ0) is 38.9. The maximum Gasteiger partial charge on any atom is 0.340 e. The van der Waals surface area contributed by atoms with Gasteiger partial charge in [0.25, 0.3) is 0 Å². The van der Waals surface area contributed by atoms with Crippen molar-refractivity contribution < 1.29 is 35.9 Å². The molecule has 0 spiro atoms. The lowest BCUT2D eigenvalue weighted by Gasteiger charge is -2.31. The number of hydrogen-bond donors (Lipinski definition) is 2. The van der Waals surface area contributed by atoms with Gasteiger partial charge in [0.05, 0.1) is 36.9 Å². The maximum atomic E-state index is 12.5. The summed E-state index contributed by atoms with van der Waals surface area (Å²) in [4.78, 5) is 29.5. The van der Waals surface area contributed by atoms with E-state index in [1.165, 1.54) is 12.5 Å². The van der Waals surface area contributed by atoms with Gasteiger partial charge < -0.3 is 28.4 Å². The van der Waals surface area contributed by atoms with Crippen LogP contribution in [0, 0.1) is 11.8 Å². The number of ether oxygens (including phenoxy) is 2. The fraction of sp³-hybridized carbons (Fsp3) is 0.526. The first-order valence-corrected chi connectivity index (χ1v) is 22.2. The molecule has 14 nitrogen and oxygen atoms in total. The van der Waals surface area contributed by atoms with Crippen LogP contribution in [0.2, 0.25) is 0 Å². The minimum absolute atomic E-state index is 0.272. The molecule has 54 heavy (non-hydrogen) atoms. The maximum absolute atomic E-state index is 12.5. The molecule has 2 aromatic carbocycles. The summed E-state index contributed by atoms with van der Waals surface area (Å²) in [7, 11) is -2.41. The van der Waals surface area contributed by atoms with E-state index in [9.17, 15) is 26.4 Å². The highest BCUT2D eigenvalue weighted by Crippen LogP contribution is 2.24. The van der Waals surface area contributed by atoms with Gasteiger partial charge in [-0.1, -0.05) is 36.4 Å². The molecule has 2 saturated heterocycles. The van der Waals surface area contributed by atoms with Gasteiger partial charge in [0.15, 0.2) is 0 Å². The lowest BCUT2D eigenvalue weighted by Crippen LogP contribution is -2.40. The van der Waals surface area contributed by atoms with Gasteiger partial charge >= 0.3 is 11.9 Å². The number of fused-ring (bicyclic) bond motifs is 2. The number of benzene rings is 2. The SMILES string of the molecule is Cn1cc(C(=O)OCC2CCN(CCNS(C)(=O)=O)CC2)c2ccccc21.Cn1cc(C(=O)OCC2CCN(CCNS(C)(=O)=O)CC2)c2ccccc21. The van der Waals surface area contributed by atoms with Crippen LogP contribution >= 0.6 is 0 Å². The van der Waals surface area contributed by atoms with Crippen molar-refractivity contribution in [1.82, 2.24) is 28.4 Å². The fourth-order valence-corrected chi connectivity index (χ4v) is 8.01. The molecular weight excluding hydrogens is 733 g/mol. The number of carbonyl (C=O) groups excluding carboxylic acids is 2. The molecule has 4 aromatic rings. The van der Waals surface area contributed by atoms with Crippen LogP contribution in [-0.2, 0) is 43.6 Å². The van der Waals surface area contributed by atoms with Gasteiger partial charge in [-0.3, -0.25) is 0 Å². The summed E-state index contributed by atoms with van der Waals surface area (Å²) in [5, 5.41) is 1.83. The average molecular weight is 787 g/mol. The van der Waals surface area contributed by atoms with Gasteiger partial charge in [-0.05, 0) is 75.8 Å². The summed E-state index contributed by atoms with van der Waals surface area (Å²) >= 11 is 0. The Bertz CT molecular complexity index is 1950. The Balaban J connectivity index is 0.000000208. The van der Waals surface area contributed by atoms with Crippen LogP contribution in [0.15, 0.2) is 60.9 Å². The molecule has 2 N–H and O–H groups in total. The van der Waals surface area contributed by atoms with Crippen molar-refractivity contribution in [2.75, 3.05) is 78.1 Å². The number of esters is 2. The number of aryl methyl sites for hydroxylation is 2. The number of nitrogens with zero attached hydrogens (tertiary/aromatic N) is 4. The van der Waals surface area contributed by atoms with Crippen molar-refractivity contribution in [3.63, 3.8) is 0 Å². The predicted octanol–water partition coefficient (Wildman–Crippen LogP) is 3.19. The monoisotopic (exact) mass is 786 g/mol. The van der Waals surface area contributed by atoms with Crippen molar-refractivity contribution in [3.05, 3.63) is 72.1 Å². The van der Waals surface area contributed by atoms with Crippen LogP contribution in [0.1, 0.15) is 46.4 Å². The zero-order valence-electron chi connectivity index (χ0n) is 31.7. The summed E-state index contributed by atoms with van der Waals surface area (Å²) in [6, 6.07) is 15.6. The number of para-hydroxylation sites is 2. The molecule has 2 aromatic heterocycles. The predicted molar refractivity (Wildman–Crippen MR) is 210 cm³/mol. The molecule has 0 atom stereocenters. The highest BCUT2D eigenvalue weighted by atomic mass is 32.2. The largest absolute Gasteiger partial charge is 0.462 e. The van der Waals surface area contributed by atoms with Crippen LogP contribution in [0.3, 0.4) is 0 Å². The van der Waals surface area contributed by atoms with Crippen molar-refractivity contribution in [2.24, 2.45) is 25.9 Å². The Labute approximate surface area is 318 Å². The van der Waals surface area contributed by atoms with E-state index in [-0.39, 0.29) is 11.9 Å². The Morgan fingerprint density at radius 3 is 1.33 bits per heavy atom. The Kier molecular flexibility index (Phi) is 14.3. The zero-order valence-corrected chi connectivity index (χ0v) is 33.3. The quantitative estimate of drug-likeness (QED) is 0.182. The molecule has 0 saturated carbocycles. The number of rotatable bonds is 14. The third-order valence-corrected chi connectivity index (χ3v) is 11.6. The molecule has 16 heteroatoms. The van der Waals surface area contributed by atoms with E-state index in [1.807, 2.05) is 84.2 Å². The van der Waals surface area contributed by atoms with E-state index in [2.05, 4.69) is 19.2 Å². The minimum atomic E-state index is -3.13. The summed E-state index contributed by atoms with van der Waals surface area (Å²) in [5.41, 5.74) is 3.25. The summed E-state index contributed by atoms with van der Waals surface area (Å²) in [5.74, 6) is 0.157. The van der Waals surface area contributed by atoms with E-state index in [0.29, 0.717) is 62.4 Å². The number of hydrogen-bond acceptors (Lipinski definition) is 10. The summed E-state index contributed by atoms with van der Waals surface area (Å²) in [6.07, 6.45) is 9.77. The molecule has 2 aliphatic rings. The molecule has 0 radical (unpaired) electrons. The topological polar surface area (TPSA) is 161 Å². The lowest BCUT2D eigenvalue weighted by molar-refractivity contribution is 0.0368. The molecule has 2 fully saturated rings. The highest BCUT2D eigenvalue weighted by Gasteiger charge is 2.24. The Morgan fingerprint density at radius 1 is 0.630 bits per heavy atom. The van der Waals surface area contributed by atoms with Crippen LogP contribution in [-0.4, -0.2) is 126 Å². The molecule has 0 amide bonds. The number of likely N-dealkylation sites (tertiary alicyclic amines) is 2. The van der Waals surface area contributed by atoms with Crippen molar-refractivity contribution in [2.45, 2.75) is 25.7 Å². The summed E-state index contributed by atoms with van der Waals surface area (Å²) in [6.45, 7) is 6.69. The van der Waals surface area contributed by atoms with E-state index in [0.717, 1.165) is 73.7 Å². The molecule has 6 rings (SSSR count). The second-order valence-electron chi connectivity index (χ2n) is 14.4. The first kappa shape index (κ1) is 41.4. The highest BCUT2D eigenvalue weighted by molar-refractivity contribution is 7.89. The molecule has 0 unspecified atom stereocenters. The lowest BCUT2D eigenvalue weighted by atomic mass is 9.98. The van der Waals surface area contributed by atoms with Gasteiger partial charge in [-0.15, -0.1) is 0 Å². The van der Waals surface area contributed by atoms with Gasteiger partial charge in [0.1, 0.15) is 0 Å². The molecule has 4 heterocycles. The fourth-order valence-electron chi connectivity index (χ4n) is 7.08. The summed E-state index contributed by atoms with van der Waals surface area (Å²) < 4.78 is 64.5. The third-order valence-electron chi connectivity index (χ3n) is 10.1. The number of aromatic nitrogens is 2. The second-order valence-corrected chi connectivity index (χ2v) is 18.1. The molecular formula is C38H54N6O8S2. The molecule has 296 valence electrons. The van der Waals surface area contributed by atoms with Gasteiger partial charge in [-0.25, -0.2) is 35.9 Å². The van der Waals surface area contributed by atoms with Crippen molar-refractivity contribution in [3.8, 4) is 0 Å². The van der Waals surface area contributed by atoms with Crippen molar-refractivity contribution >= 4 is 53.8 Å². The van der Waals surface area contributed by atoms with E-state index in [1.54, 1.807) is 0 Å². The number of carbonyl (C=O) groups is 2. The van der Waals surface area contributed by atoms with Gasteiger partial charge in [-0.2, -0.15) is 0 Å². The third kappa shape index (κ3) is 12.1. The normalized spacial score (nSPS) is 16.7. The number of piperidine rings is 2. The van der Waals surface area contributed by atoms with Gasteiger partial charge in [0.2, 0.25) is 20.0 Å². The van der Waals surface area contributed by atoms with E-state index >= 15 is 0 Å². The average Bonchev–Trinajstić information content (AvgIpc) is 3.66. The molecule has 0 aliphatic carbocycles. The smallest absolute Gasteiger partial charge is 0.340 e. The van der Waals surface area contributed by atoms with E-state index < -0.39 is 20.0 Å². The minimum Gasteiger partial charge on any atom is -0.462 e. The first-order valence-electron chi connectivity index (χ1n) is 18.4.